The second-order valence-electron chi connectivity index (χ2n) is 8.32. The Labute approximate surface area is 204 Å². The van der Waals surface area contributed by atoms with Gasteiger partial charge in [-0.15, -0.1) is 11.3 Å². The molecule has 34 heavy (non-hydrogen) atoms. The van der Waals surface area contributed by atoms with E-state index in [9.17, 15) is 21.6 Å². The van der Waals surface area contributed by atoms with Gasteiger partial charge in [0.2, 0.25) is 20.0 Å². The van der Waals surface area contributed by atoms with Gasteiger partial charge in [-0.1, -0.05) is 12.1 Å². The van der Waals surface area contributed by atoms with Crippen molar-refractivity contribution in [1.29, 1.82) is 0 Å². The van der Waals surface area contributed by atoms with Gasteiger partial charge in [0.25, 0.3) is 5.91 Å². The normalized spacial score (nSPS) is 15.0. The second-order valence-corrected chi connectivity index (χ2v) is 13.4. The van der Waals surface area contributed by atoms with Crippen LogP contribution in [0.25, 0.3) is 10.1 Å². The van der Waals surface area contributed by atoms with Gasteiger partial charge in [-0.25, -0.2) is 16.8 Å². The fraction of sp³-hybridized carbons (Fsp3) is 0.348. The van der Waals surface area contributed by atoms with E-state index in [4.69, 9.17) is 0 Å². The zero-order valence-electron chi connectivity index (χ0n) is 19.0. The van der Waals surface area contributed by atoms with E-state index < -0.39 is 20.0 Å². The van der Waals surface area contributed by atoms with E-state index in [-0.39, 0.29) is 5.91 Å². The molecule has 1 amide bonds. The minimum Gasteiger partial charge on any atom is -0.351 e. The first-order valence-corrected chi connectivity index (χ1v) is 15.0. The molecule has 0 saturated carbocycles. The Hall–Kier alpha value is -2.47. The van der Waals surface area contributed by atoms with Gasteiger partial charge in [-0.3, -0.25) is 9.10 Å². The number of anilines is 1. The number of sulfonamides is 2. The average Bonchev–Trinajstić information content (AvgIpc) is 3.48. The lowest BCUT2D eigenvalue weighted by molar-refractivity contribution is 0.0958. The lowest BCUT2D eigenvalue weighted by Crippen LogP contribution is -2.27. The van der Waals surface area contributed by atoms with Gasteiger partial charge in [0.1, 0.15) is 0 Å². The number of fused-ring (bicyclic) bond motifs is 1. The molecule has 0 spiro atoms. The Morgan fingerprint density at radius 2 is 1.71 bits per heavy atom. The van der Waals surface area contributed by atoms with Crippen LogP contribution in [-0.2, 0) is 26.5 Å². The van der Waals surface area contributed by atoms with Gasteiger partial charge in [-0.2, -0.15) is 4.31 Å². The van der Waals surface area contributed by atoms with Gasteiger partial charge in [0.05, 0.1) is 21.7 Å². The number of rotatable bonds is 8. The standard InChI is InChI=1S/C23H27N3O5S3/c1-25(33(2,28)29)19-7-10-21-18(15-19)16-22(32-21)23(27)24-12-11-17-5-8-20(9-6-17)34(30,31)26-13-3-4-14-26/h5-10,15-16H,3-4,11-14H2,1-2H3,(H,24,27). The highest BCUT2D eigenvalue weighted by Crippen LogP contribution is 2.30. The molecule has 4 rings (SSSR count). The third-order valence-electron chi connectivity index (χ3n) is 5.91. The Bertz CT molecular complexity index is 1410. The van der Waals surface area contributed by atoms with E-state index in [0.29, 0.717) is 41.5 Å². The van der Waals surface area contributed by atoms with E-state index >= 15 is 0 Å². The zero-order chi connectivity index (χ0) is 24.5. The van der Waals surface area contributed by atoms with Crippen molar-refractivity contribution in [2.45, 2.75) is 24.2 Å². The van der Waals surface area contributed by atoms with Gasteiger partial charge in [0, 0.05) is 31.4 Å². The Morgan fingerprint density at radius 3 is 2.35 bits per heavy atom. The minimum atomic E-state index is -3.43. The molecule has 8 nitrogen and oxygen atoms in total. The SMILES string of the molecule is CN(c1ccc2sc(C(=O)NCCc3ccc(S(=O)(=O)N4CCCC4)cc3)cc2c1)S(C)(=O)=O. The minimum absolute atomic E-state index is 0.201. The van der Waals surface area contributed by atoms with Crippen LogP contribution in [0.4, 0.5) is 5.69 Å². The smallest absolute Gasteiger partial charge is 0.261 e. The molecular weight excluding hydrogens is 494 g/mol. The number of thiophene rings is 1. The first-order valence-electron chi connectivity index (χ1n) is 10.9. The van der Waals surface area contributed by atoms with E-state index in [1.165, 1.54) is 27.0 Å². The summed E-state index contributed by atoms with van der Waals surface area (Å²) in [6, 6.07) is 13.9. The van der Waals surface area contributed by atoms with Crippen molar-refractivity contribution < 1.29 is 21.6 Å². The number of hydrogen-bond acceptors (Lipinski definition) is 6. The van der Waals surface area contributed by atoms with E-state index in [1.54, 1.807) is 42.5 Å². The highest BCUT2D eigenvalue weighted by molar-refractivity contribution is 7.92. The number of nitrogens with one attached hydrogen (secondary N) is 1. The predicted molar refractivity (Wildman–Crippen MR) is 136 cm³/mol. The topological polar surface area (TPSA) is 104 Å². The van der Waals surface area contributed by atoms with Crippen molar-refractivity contribution in [2.24, 2.45) is 0 Å². The fourth-order valence-corrected chi connectivity index (χ4v) is 6.82. The van der Waals surface area contributed by atoms with Crippen molar-refractivity contribution in [3.8, 4) is 0 Å². The number of hydrogen-bond donors (Lipinski definition) is 1. The summed E-state index contributed by atoms with van der Waals surface area (Å²) in [6.45, 7) is 1.56. The largest absolute Gasteiger partial charge is 0.351 e. The number of benzene rings is 2. The van der Waals surface area contributed by atoms with Crippen molar-refractivity contribution in [3.05, 3.63) is 59.0 Å². The molecule has 0 radical (unpaired) electrons. The number of amides is 1. The second kappa shape index (κ2) is 9.65. The summed E-state index contributed by atoms with van der Waals surface area (Å²) in [5.41, 5.74) is 1.47. The van der Waals surface area contributed by atoms with Crippen molar-refractivity contribution in [1.82, 2.24) is 9.62 Å². The van der Waals surface area contributed by atoms with Crippen LogP contribution >= 0.6 is 11.3 Å². The van der Waals surface area contributed by atoms with Gasteiger partial charge in [-0.05, 0) is 66.6 Å². The summed E-state index contributed by atoms with van der Waals surface area (Å²) in [5, 5.41) is 3.70. The Kier molecular flexibility index (Phi) is 6.99. The van der Waals surface area contributed by atoms with Gasteiger partial charge < -0.3 is 5.32 Å². The predicted octanol–water partition coefficient (Wildman–Crippen LogP) is 3.05. The summed E-state index contributed by atoms with van der Waals surface area (Å²) < 4.78 is 52.4. The summed E-state index contributed by atoms with van der Waals surface area (Å²) in [4.78, 5) is 13.5. The molecule has 3 aromatic rings. The molecule has 2 heterocycles. The van der Waals surface area contributed by atoms with Crippen LogP contribution in [0.5, 0.6) is 0 Å². The quantitative estimate of drug-likeness (QED) is 0.491. The molecule has 11 heteroatoms. The van der Waals surface area contributed by atoms with Crippen molar-refractivity contribution in [2.75, 3.05) is 37.2 Å². The van der Waals surface area contributed by atoms with Crippen LogP contribution in [0.3, 0.4) is 0 Å². The molecule has 0 bridgehead atoms. The van der Waals surface area contributed by atoms with Crippen LogP contribution < -0.4 is 9.62 Å². The maximum absolute atomic E-state index is 12.6. The fourth-order valence-electron chi connectivity index (χ4n) is 3.84. The molecule has 0 unspecified atom stereocenters. The summed E-state index contributed by atoms with van der Waals surface area (Å²) in [5.74, 6) is -0.201. The van der Waals surface area contributed by atoms with Crippen molar-refractivity contribution in [3.63, 3.8) is 0 Å². The summed E-state index contributed by atoms with van der Waals surface area (Å²) in [6.07, 6.45) is 3.51. The molecule has 1 aliphatic heterocycles. The first kappa shape index (κ1) is 24.6. The van der Waals surface area contributed by atoms with Crippen LogP contribution in [0.1, 0.15) is 28.1 Å². The highest BCUT2D eigenvalue weighted by Gasteiger charge is 2.26. The molecule has 0 atom stereocenters. The number of nitrogens with zero attached hydrogens (tertiary/aromatic N) is 2. The molecule has 1 N–H and O–H groups in total. The summed E-state index contributed by atoms with van der Waals surface area (Å²) in [7, 11) is -5.30. The molecule has 1 aliphatic rings. The number of carbonyl (C=O) groups excluding carboxylic acids is 1. The number of carbonyl (C=O) groups is 1. The van der Waals surface area contributed by atoms with E-state index in [0.717, 1.165) is 34.7 Å². The van der Waals surface area contributed by atoms with E-state index in [2.05, 4.69) is 5.32 Å². The van der Waals surface area contributed by atoms with Crippen LogP contribution in [-0.4, -0.2) is 60.0 Å². The molecule has 1 fully saturated rings. The monoisotopic (exact) mass is 521 g/mol. The lowest BCUT2D eigenvalue weighted by atomic mass is 10.1. The van der Waals surface area contributed by atoms with Crippen LogP contribution in [0.2, 0.25) is 0 Å². The van der Waals surface area contributed by atoms with Crippen LogP contribution in [0, 0.1) is 0 Å². The molecule has 182 valence electrons. The van der Waals surface area contributed by atoms with Gasteiger partial charge in [0.15, 0.2) is 0 Å². The molecule has 1 aromatic heterocycles. The first-order chi connectivity index (χ1) is 16.1. The van der Waals surface area contributed by atoms with Gasteiger partial charge >= 0.3 is 0 Å². The average molecular weight is 522 g/mol. The third kappa shape index (κ3) is 5.27. The van der Waals surface area contributed by atoms with Crippen LogP contribution in [0.15, 0.2) is 53.4 Å². The third-order valence-corrected chi connectivity index (χ3v) is 10.1. The molecule has 0 aliphatic carbocycles. The summed E-state index contributed by atoms with van der Waals surface area (Å²) >= 11 is 1.34. The zero-order valence-corrected chi connectivity index (χ0v) is 21.5. The Morgan fingerprint density at radius 1 is 1.03 bits per heavy atom. The lowest BCUT2D eigenvalue weighted by Gasteiger charge is -2.16. The van der Waals surface area contributed by atoms with E-state index in [1.807, 2.05) is 6.07 Å². The molecule has 2 aromatic carbocycles. The molecular formula is C23H27N3O5S3. The highest BCUT2D eigenvalue weighted by atomic mass is 32.2. The maximum Gasteiger partial charge on any atom is 0.261 e. The maximum atomic E-state index is 12.6. The molecule has 1 saturated heterocycles. The Balaban J connectivity index is 1.36. The van der Waals surface area contributed by atoms with Crippen molar-refractivity contribution >= 4 is 53.1 Å².